The molecule has 3 heteroatoms. The van der Waals surface area contributed by atoms with Gasteiger partial charge in [-0.25, -0.2) is 10.8 Å². The Bertz CT molecular complexity index is 70.9. The lowest BCUT2D eigenvalue weighted by atomic mass is 11.6. The third kappa shape index (κ3) is 3720. The van der Waals surface area contributed by atoms with Crippen molar-refractivity contribution in [3.05, 3.63) is 0 Å². The molecule has 0 aliphatic carbocycles. The predicted octanol–water partition coefficient (Wildman–Crippen LogP) is 1.84. The molecule has 0 aliphatic rings. The summed E-state index contributed by atoms with van der Waals surface area (Å²) in [6.45, 7) is 9.19. The Balaban J connectivity index is 0. The molecule has 0 aromatic rings. The zero-order valence-electron chi connectivity index (χ0n) is 5.95. The summed E-state index contributed by atoms with van der Waals surface area (Å²) in [4.78, 5) is 0. The van der Waals surface area contributed by atoms with Crippen LogP contribution in [0.4, 0.5) is 0 Å². The van der Waals surface area contributed by atoms with Gasteiger partial charge in [-0.3, -0.25) is 0 Å². The van der Waals surface area contributed by atoms with Crippen LogP contribution in [0.15, 0.2) is 0 Å². The first-order valence-electron chi connectivity index (χ1n) is 2.29. The zero-order chi connectivity index (χ0) is 7.21. The average molecular weight is 133 g/mol. The normalized spacial score (nSPS) is 8.50. The van der Waals surface area contributed by atoms with Crippen molar-refractivity contribution in [2.45, 2.75) is 0 Å². The van der Waals surface area contributed by atoms with E-state index in [1.807, 2.05) is 0 Å². The first kappa shape index (κ1) is 10.7. The highest BCUT2D eigenvalue weighted by Crippen LogP contribution is 2.40. The van der Waals surface area contributed by atoms with Crippen LogP contribution in [0.3, 0.4) is 0 Å². The Morgan fingerprint density at radius 3 is 1.00 bits per heavy atom. The molecular weight excluding hydrogens is 119 g/mol. The van der Waals surface area contributed by atoms with Crippen molar-refractivity contribution in [1.29, 1.82) is 10.8 Å². The number of nitrogens with one attached hydrogen (secondary N) is 2. The van der Waals surface area contributed by atoms with Crippen molar-refractivity contribution in [2.24, 2.45) is 0 Å². The average Bonchev–Trinajstić information content (AvgIpc) is 1.27. The minimum Gasteiger partial charge on any atom is -0.242 e. The van der Waals surface area contributed by atoms with Crippen molar-refractivity contribution in [3.63, 3.8) is 0 Å². The van der Waals surface area contributed by atoms with Crippen molar-refractivity contribution < 1.29 is 0 Å². The summed E-state index contributed by atoms with van der Waals surface area (Å²) >= 11 is 0. The van der Waals surface area contributed by atoms with E-state index in [1.165, 1.54) is 6.01 Å². The molecule has 0 saturated heterocycles. The van der Waals surface area contributed by atoms with Gasteiger partial charge in [-0.2, -0.15) is 0 Å². The first-order chi connectivity index (χ1) is 3.41. The van der Waals surface area contributed by atoms with E-state index in [2.05, 4.69) is 26.7 Å². The minimum atomic E-state index is -0.389. The second-order valence-corrected chi connectivity index (χ2v) is 8.17. The standard InChI is InChI=1S/C4H12P.CH2N2/c1-5(2,3)4;2-1-3/h1-4H3;2-3H/q+1;. The molecule has 0 bridgehead atoms. The van der Waals surface area contributed by atoms with Gasteiger partial charge in [-0.05, 0) is 0 Å². The highest BCUT2D eigenvalue weighted by atomic mass is 31.2. The second kappa shape index (κ2) is 4.96. The van der Waals surface area contributed by atoms with Crippen LogP contribution in [0.1, 0.15) is 0 Å². The molecule has 0 aromatic heterocycles. The largest absolute Gasteiger partial charge is 0.242 e. The van der Waals surface area contributed by atoms with Crippen molar-refractivity contribution in [3.8, 4) is 0 Å². The fourth-order valence-electron chi connectivity index (χ4n) is 0. The summed E-state index contributed by atoms with van der Waals surface area (Å²) in [5.41, 5.74) is 0. The molecule has 0 atom stereocenters. The molecule has 0 heterocycles. The van der Waals surface area contributed by atoms with Crippen LogP contribution in [0.25, 0.3) is 0 Å². The van der Waals surface area contributed by atoms with E-state index < -0.39 is 0 Å². The fourth-order valence-corrected chi connectivity index (χ4v) is 0. The highest BCUT2D eigenvalue weighted by molar-refractivity contribution is 7.72. The Kier molecular flexibility index (Phi) is 6.65. The van der Waals surface area contributed by atoms with E-state index in [-0.39, 0.29) is 7.26 Å². The lowest BCUT2D eigenvalue weighted by molar-refractivity contribution is 1.47. The number of hydrogen-bond acceptors (Lipinski definition) is 2. The van der Waals surface area contributed by atoms with Gasteiger partial charge in [0.1, 0.15) is 0 Å². The third-order valence-corrected chi connectivity index (χ3v) is 0. The van der Waals surface area contributed by atoms with E-state index in [0.717, 1.165) is 0 Å². The number of hydrogen-bond donors (Lipinski definition) is 2. The van der Waals surface area contributed by atoms with E-state index >= 15 is 0 Å². The van der Waals surface area contributed by atoms with Crippen LogP contribution in [0.5, 0.6) is 0 Å². The lowest BCUT2D eigenvalue weighted by Crippen LogP contribution is -1.74. The summed E-state index contributed by atoms with van der Waals surface area (Å²) in [6.07, 6.45) is 0. The van der Waals surface area contributed by atoms with Crippen LogP contribution in [0, 0.1) is 10.8 Å². The molecule has 0 radical (unpaired) electrons. The van der Waals surface area contributed by atoms with Gasteiger partial charge in [0.05, 0.1) is 6.01 Å². The fraction of sp³-hybridized carbons (Fsp3) is 0.800. The smallest absolute Gasteiger partial charge is 0.0831 e. The van der Waals surface area contributed by atoms with Gasteiger partial charge >= 0.3 is 0 Å². The molecule has 0 fully saturated rings. The molecule has 2 N–H and O–H groups in total. The Morgan fingerprint density at radius 2 is 1.00 bits per heavy atom. The van der Waals surface area contributed by atoms with Crippen LogP contribution < -0.4 is 0 Å². The van der Waals surface area contributed by atoms with Gasteiger partial charge < -0.3 is 0 Å². The van der Waals surface area contributed by atoms with Crippen molar-refractivity contribution in [2.75, 3.05) is 26.7 Å². The Morgan fingerprint density at radius 1 is 1.00 bits per heavy atom. The van der Waals surface area contributed by atoms with Gasteiger partial charge in [0.15, 0.2) is 0 Å². The van der Waals surface area contributed by atoms with Gasteiger partial charge in [-0.15, -0.1) is 0 Å². The van der Waals surface area contributed by atoms with Crippen molar-refractivity contribution >= 4 is 13.3 Å². The molecule has 0 aromatic carbocycles. The summed E-state index contributed by atoms with van der Waals surface area (Å²) in [5.74, 6) is 0. The molecule has 8 heavy (non-hydrogen) atoms. The first-order valence-corrected chi connectivity index (χ1v) is 5.87. The zero-order valence-corrected chi connectivity index (χ0v) is 6.84. The van der Waals surface area contributed by atoms with E-state index in [1.54, 1.807) is 0 Å². The highest BCUT2D eigenvalue weighted by Gasteiger charge is 2.03. The summed E-state index contributed by atoms with van der Waals surface area (Å²) in [5, 5.41) is 11.2. The molecule has 0 rings (SSSR count). The van der Waals surface area contributed by atoms with Crippen LogP contribution in [0.2, 0.25) is 0 Å². The van der Waals surface area contributed by atoms with Gasteiger partial charge in [0.2, 0.25) is 0 Å². The molecule has 0 aliphatic heterocycles. The maximum absolute atomic E-state index is 5.62. The molecule has 2 nitrogen and oxygen atoms in total. The summed E-state index contributed by atoms with van der Waals surface area (Å²) in [7, 11) is -0.389. The van der Waals surface area contributed by atoms with Crippen LogP contribution in [-0.2, 0) is 0 Å². The summed E-state index contributed by atoms with van der Waals surface area (Å²) in [6, 6.07) is 1.25. The molecule has 0 amide bonds. The summed E-state index contributed by atoms with van der Waals surface area (Å²) < 4.78 is 0. The Hall–Kier alpha value is -0.190. The van der Waals surface area contributed by atoms with Crippen molar-refractivity contribution in [1.82, 2.24) is 0 Å². The van der Waals surface area contributed by atoms with E-state index in [4.69, 9.17) is 10.8 Å². The minimum absolute atomic E-state index is 0.389. The van der Waals surface area contributed by atoms with Crippen LogP contribution in [-0.4, -0.2) is 32.7 Å². The molecule has 0 spiro atoms. The third-order valence-electron chi connectivity index (χ3n) is 0. The SMILES string of the molecule is C[P+](C)(C)C.N=C=N. The quantitative estimate of drug-likeness (QED) is 0.374. The monoisotopic (exact) mass is 133 g/mol. The molecule has 48 valence electrons. The van der Waals surface area contributed by atoms with Gasteiger partial charge in [0, 0.05) is 33.9 Å². The lowest BCUT2D eigenvalue weighted by Gasteiger charge is -1.97. The maximum atomic E-state index is 5.62. The van der Waals surface area contributed by atoms with E-state index in [9.17, 15) is 0 Å². The predicted molar refractivity (Wildman–Crippen MR) is 41.1 cm³/mol. The second-order valence-electron chi connectivity index (χ2n) is 2.81. The topological polar surface area (TPSA) is 47.7 Å². The number of rotatable bonds is 0. The Labute approximate surface area is 51.7 Å². The van der Waals surface area contributed by atoms with Gasteiger partial charge in [0.25, 0.3) is 0 Å². The van der Waals surface area contributed by atoms with E-state index in [0.29, 0.717) is 0 Å². The molecular formula is C5H14N2P+. The molecule has 0 unspecified atom stereocenters. The van der Waals surface area contributed by atoms with Crippen LogP contribution >= 0.6 is 7.26 Å². The molecule has 0 saturated carbocycles. The van der Waals surface area contributed by atoms with Gasteiger partial charge in [-0.1, -0.05) is 0 Å². The maximum Gasteiger partial charge on any atom is 0.0831 e.